The van der Waals surface area contributed by atoms with Gasteiger partial charge in [-0.2, -0.15) is 0 Å². The van der Waals surface area contributed by atoms with Gasteiger partial charge in [0.15, 0.2) is 11.5 Å². The van der Waals surface area contributed by atoms with Crippen LogP contribution in [0.25, 0.3) is 11.2 Å². The summed E-state index contributed by atoms with van der Waals surface area (Å²) in [6, 6.07) is 0. The summed E-state index contributed by atoms with van der Waals surface area (Å²) >= 11 is 9.48. The smallest absolute Gasteiger partial charge is 0.342 e. The first kappa shape index (κ1) is 19.7. The van der Waals surface area contributed by atoms with E-state index in [1.54, 1.807) is 26.2 Å². The highest BCUT2D eigenvalue weighted by Gasteiger charge is 2.19. The van der Waals surface area contributed by atoms with Crippen molar-refractivity contribution < 1.29 is 9.53 Å². The number of nitrogen functional groups attached to an aromatic ring is 1. The Bertz CT molecular complexity index is 915. The number of ether oxygens (including phenoxy) is 1. The zero-order valence-electron chi connectivity index (χ0n) is 13.2. The second-order valence-electron chi connectivity index (χ2n) is 4.60. The SMILES string of the molecule is CCOC(=O)c1c(C)[nH]c2ncc(Br)nc12.Nc1ncc(Br)nc1Br. The van der Waals surface area contributed by atoms with Crippen molar-refractivity contribution in [2.75, 3.05) is 12.3 Å². The Balaban J connectivity index is 0.000000212. The highest BCUT2D eigenvalue weighted by Crippen LogP contribution is 2.21. The number of hydrogen-bond acceptors (Lipinski definition) is 7. The van der Waals surface area contributed by atoms with E-state index in [1.165, 1.54) is 0 Å². The summed E-state index contributed by atoms with van der Waals surface area (Å²) in [5.41, 5.74) is 7.63. The van der Waals surface area contributed by atoms with Gasteiger partial charge >= 0.3 is 5.97 Å². The molecule has 0 saturated carbocycles. The predicted molar refractivity (Wildman–Crippen MR) is 104 cm³/mol. The van der Waals surface area contributed by atoms with Crippen molar-refractivity contribution >= 4 is 70.7 Å². The molecular formula is C14H13Br3N6O2. The van der Waals surface area contributed by atoms with Gasteiger partial charge in [-0.05, 0) is 61.6 Å². The van der Waals surface area contributed by atoms with Crippen molar-refractivity contribution in [1.29, 1.82) is 0 Å². The molecule has 3 aromatic heterocycles. The molecule has 25 heavy (non-hydrogen) atoms. The third-order valence-corrected chi connectivity index (χ3v) is 4.21. The molecule has 0 aliphatic heterocycles. The quantitative estimate of drug-likeness (QED) is 0.478. The Labute approximate surface area is 168 Å². The number of aromatic nitrogens is 5. The highest BCUT2D eigenvalue weighted by molar-refractivity contribution is 9.11. The van der Waals surface area contributed by atoms with E-state index in [0.29, 0.717) is 48.7 Å². The van der Waals surface area contributed by atoms with E-state index in [0.717, 1.165) is 0 Å². The molecule has 0 fully saturated rings. The fourth-order valence-electron chi connectivity index (χ4n) is 1.86. The standard InChI is InChI=1S/C10H10BrN3O2.C4H3Br2N3/c1-3-16-10(15)7-5(2)13-9-8(7)14-6(11)4-12-9;5-2-1-8-4(7)3(6)9-2/h4H,3H2,1-2H3,(H,12,13);1H,(H2,7,8). The van der Waals surface area contributed by atoms with E-state index in [4.69, 9.17) is 10.5 Å². The summed E-state index contributed by atoms with van der Waals surface area (Å²) in [5, 5.41) is 0. The Hall–Kier alpha value is -1.59. The Morgan fingerprint density at radius 1 is 1.20 bits per heavy atom. The van der Waals surface area contributed by atoms with Crippen LogP contribution in [0, 0.1) is 6.92 Å². The van der Waals surface area contributed by atoms with Crippen LogP contribution in [-0.2, 0) is 4.74 Å². The zero-order valence-corrected chi connectivity index (χ0v) is 17.9. The molecule has 8 nitrogen and oxygen atoms in total. The van der Waals surface area contributed by atoms with Crippen molar-refractivity contribution in [2.45, 2.75) is 13.8 Å². The van der Waals surface area contributed by atoms with Crippen molar-refractivity contribution in [1.82, 2.24) is 24.9 Å². The zero-order chi connectivity index (χ0) is 18.6. The number of aryl methyl sites for hydroxylation is 1. The molecule has 0 amide bonds. The molecule has 0 saturated heterocycles. The van der Waals surface area contributed by atoms with Gasteiger partial charge < -0.3 is 15.5 Å². The number of carbonyl (C=O) groups is 1. The van der Waals surface area contributed by atoms with Crippen LogP contribution < -0.4 is 5.73 Å². The monoisotopic (exact) mass is 534 g/mol. The first-order valence-electron chi connectivity index (χ1n) is 6.95. The van der Waals surface area contributed by atoms with Gasteiger partial charge in [0, 0.05) is 5.69 Å². The summed E-state index contributed by atoms with van der Waals surface area (Å²) in [4.78, 5) is 30.8. The maximum absolute atomic E-state index is 11.7. The molecule has 3 N–H and O–H groups in total. The number of fused-ring (bicyclic) bond motifs is 1. The number of nitrogens with two attached hydrogens (primary N) is 1. The number of hydrogen-bond donors (Lipinski definition) is 2. The molecule has 0 aromatic carbocycles. The molecule has 0 atom stereocenters. The fourth-order valence-corrected chi connectivity index (χ4v) is 2.95. The minimum absolute atomic E-state index is 0.340. The van der Waals surface area contributed by atoms with Gasteiger partial charge in [0.1, 0.15) is 24.9 Å². The van der Waals surface area contributed by atoms with Gasteiger partial charge in [-0.25, -0.2) is 24.7 Å². The number of nitrogens with zero attached hydrogens (tertiary/aromatic N) is 4. The number of carbonyl (C=O) groups excluding carboxylic acids is 1. The normalized spacial score (nSPS) is 10.3. The number of esters is 1. The number of nitrogens with one attached hydrogen (secondary N) is 1. The van der Waals surface area contributed by atoms with Crippen LogP contribution in [0.3, 0.4) is 0 Å². The van der Waals surface area contributed by atoms with E-state index in [9.17, 15) is 4.79 Å². The lowest BCUT2D eigenvalue weighted by Gasteiger charge is -2.00. The number of aromatic amines is 1. The predicted octanol–water partition coefficient (Wildman–Crippen LogP) is 3.79. The molecule has 0 spiro atoms. The lowest BCUT2D eigenvalue weighted by atomic mass is 10.2. The van der Waals surface area contributed by atoms with Crippen molar-refractivity contribution in [3.8, 4) is 0 Å². The maximum Gasteiger partial charge on any atom is 0.342 e. The second kappa shape index (κ2) is 8.68. The van der Waals surface area contributed by atoms with Gasteiger partial charge in [-0.3, -0.25) is 0 Å². The molecule has 0 aliphatic carbocycles. The average Bonchev–Trinajstić information content (AvgIpc) is 2.87. The number of rotatable bonds is 2. The number of anilines is 1. The molecule has 3 rings (SSSR count). The molecule has 3 heterocycles. The van der Waals surface area contributed by atoms with Gasteiger partial charge in [-0.1, -0.05) is 0 Å². The van der Waals surface area contributed by atoms with Crippen LogP contribution in [0.2, 0.25) is 0 Å². The van der Waals surface area contributed by atoms with E-state index >= 15 is 0 Å². The minimum atomic E-state index is -0.376. The van der Waals surface area contributed by atoms with Gasteiger partial charge in [-0.15, -0.1) is 0 Å². The molecular weight excluding hydrogens is 524 g/mol. The van der Waals surface area contributed by atoms with E-state index in [-0.39, 0.29) is 5.97 Å². The fraction of sp³-hybridized carbons (Fsp3) is 0.214. The third kappa shape index (κ3) is 4.95. The highest BCUT2D eigenvalue weighted by atomic mass is 79.9. The molecule has 0 radical (unpaired) electrons. The van der Waals surface area contributed by atoms with Crippen LogP contribution in [0.4, 0.5) is 5.82 Å². The molecule has 0 bridgehead atoms. The first-order valence-corrected chi connectivity index (χ1v) is 9.32. The molecule has 0 unspecified atom stereocenters. The summed E-state index contributed by atoms with van der Waals surface area (Å²) in [6.45, 7) is 3.90. The molecule has 3 aromatic rings. The molecule has 132 valence electrons. The lowest BCUT2D eigenvalue weighted by molar-refractivity contribution is 0.0527. The summed E-state index contributed by atoms with van der Waals surface area (Å²) in [7, 11) is 0. The Kier molecular flexibility index (Phi) is 6.85. The summed E-state index contributed by atoms with van der Waals surface area (Å²) in [6.07, 6.45) is 3.12. The number of halogens is 3. The molecule has 11 heteroatoms. The van der Waals surface area contributed by atoms with Gasteiger partial charge in [0.2, 0.25) is 0 Å². The maximum atomic E-state index is 11.7. The van der Waals surface area contributed by atoms with Crippen molar-refractivity contribution in [2.24, 2.45) is 0 Å². The Morgan fingerprint density at radius 3 is 2.44 bits per heavy atom. The van der Waals surface area contributed by atoms with Crippen LogP contribution in [-0.4, -0.2) is 37.5 Å². The average molecular weight is 537 g/mol. The minimum Gasteiger partial charge on any atom is -0.462 e. The van der Waals surface area contributed by atoms with Crippen LogP contribution in [0.15, 0.2) is 26.2 Å². The second-order valence-corrected chi connectivity index (χ2v) is 6.98. The topological polar surface area (TPSA) is 120 Å². The van der Waals surface area contributed by atoms with Crippen LogP contribution in [0.5, 0.6) is 0 Å². The Morgan fingerprint density at radius 2 is 1.84 bits per heavy atom. The van der Waals surface area contributed by atoms with E-state index < -0.39 is 0 Å². The summed E-state index contributed by atoms with van der Waals surface area (Å²) in [5.74, 6) is 0.0249. The third-order valence-electron chi connectivity index (χ3n) is 2.87. The van der Waals surface area contributed by atoms with Crippen LogP contribution >= 0.6 is 47.8 Å². The van der Waals surface area contributed by atoms with Gasteiger partial charge in [0.25, 0.3) is 0 Å². The summed E-state index contributed by atoms with van der Waals surface area (Å²) < 4.78 is 6.80. The molecule has 0 aliphatic rings. The van der Waals surface area contributed by atoms with Crippen molar-refractivity contribution in [3.05, 3.63) is 37.5 Å². The first-order chi connectivity index (χ1) is 11.8. The lowest BCUT2D eigenvalue weighted by Crippen LogP contribution is -2.06. The van der Waals surface area contributed by atoms with E-state index in [2.05, 4.69) is 72.7 Å². The van der Waals surface area contributed by atoms with Crippen molar-refractivity contribution in [3.63, 3.8) is 0 Å². The van der Waals surface area contributed by atoms with Crippen LogP contribution in [0.1, 0.15) is 23.0 Å². The van der Waals surface area contributed by atoms with E-state index in [1.807, 2.05) is 0 Å². The number of H-pyrrole nitrogens is 1. The van der Waals surface area contributed by atoms with Gasteiger partial charge in [0.05, 0.1) is 19.0 Å². The largest absolute Gasteiger partial charge is 0.462 e.